The highest BCUT2D eigenvalue weighted by Crippen LogP contribution is 2.37. The molecule has 0 aromatic heterocycles. The number of nitrogens with zero attached hydrogens (tertiary/aromatic N) is 2. The summed E-state index contributed by atoms with van der Waals surface area (Å²) in [6.45, 7) is 0.699. The highest BCUT2D eigenvalue weighted by atomic mass is 16.6. The van der Waals surface area contributed by atoms with Crippen molar-refractivity contribution in [3.63, 3.8) is 0 Å². The van der Waals surface area contributed by atoms with E-state index in [2.05, 4.69) is 24.3 Å². The third-order valence-electron chi connectivity index (χ3n) is 4.09. The molecule has 0 amide bonds. The molecule has 0 saturated heterocycles. The van der Waals surface area contributed by atoms with E-state index < -0.39 is 4.92 Å². The van der Waals surface area contributed by atoms with Gasteiger partial charge in [-0.25, -0.2) is 0 Å². The molecule has 0 bridgehead atoms. The molecule has 2 rings (SSSR count). The number of anilines is 2. The van der Waals surface area contributed by atoms with Crippen molar-refractivity contribution in [3.05, 3.63) is 28.3 Å². The Morgan fingerprint density at radius 2 is 2.16 bits per heavy atom. The highest BCUT2D eigenvalue weighted by Gasteiger charge is 2.39. The van der Waals surface area contributed by atoms with Crippen molar-refractivity contribution in [2.75, 3.05) is 31.7 Å². The first-order chi connectivity index (χ1) is 8.96. The van der Waals surface area contributed by atoms with Crippen LogP contribution in [0.3, 0.4) is 0 Å². The molecule has 1 aromatic rings. The summed E-state index contributed by atoms with van der Waals surface area (Å²) in [6, 6.07) is 4.98. The largest absolute Gasteiger partial charge is 0.393 e. The van der Waals surface area contributed by atoms with Crippen LogP contribution in [0.1, 0.15) is 19.3 Å². The topological polar surface area (TPSA) is 84.4 Å². The number of para-hydroxylation sites is 1. The Morgan fingerprint density at radius 1 is 1.47 bits per heavy atom. The van der Waals surface area contributed by atoms with Crippen molar-refractivity contribution in [2.24, 2.45) is 0 Å². The maximum Gasteiger partial charge on any atom is 0.314 e. The van der Waals surface area contributed by atoms with Gasteiger partial charge in [-0.05, 0) is 45.5 Å². The molecule has 0 heterocycles. The third kappa shape index (κ3) is 2.49. The van der Waals surface area contributed by atoms with Crippen molar-refractivity contribution in [1.82, 2.24) is 4.90 Å². The van der Waals surface area contributed by atoms with Gasteiger partial charge in [0.05, 0.1) is 4.92 Å². The van der Waals surface area contributed by atoms with E-state index in [9.17, 15) is 10.1 Å². The number of nitro benzene ring substituents is 1. The second-order valence-corrected chi connectivity index (χ2v) is 5.33. The molecule has 3 N–H and O–H groups in total. The summed E-state index contributed by atoms with van der Waals surface area (Å²) >= 11 is 0. The van der Waals surface area contributed by atoms with Crippen LogP contribution in [0, 0.1) is 10.1 Å². The summed E-state index contributed by atoms with van der Waals surface area (Å²) in [5.74, 6) is 0. The van der Waals surface area contributed by atoms with Crippen LogP contribution >= 0.6 is 0 Å². The van der Waals surface area contributed by atoms with E-state index in [1.165, 1.54) is 6.42 Å². The minimum absolute atomic E-state index is 0.0317. The standard InChI is InChI=1S/C13H20N4O2/c1-16(2)13(7-4-8-13)9-15-11-6-3-5-10(14)12(11)17(18)19/h3,5-6,15H,4,7-9,14H2,1-2H3. The van der Waals surface area contributed by atoms with E-state index in [0.717, 1.165) is 12.8 Å². The predicted octanol–water partition coefficient (Wildman–Crippen LogP) is 2.07. The van der Waals surface area contributed by atoms with Crippen LogP contribution in [0.25, 0.3) is 0 Å². The van der Waals surface area contributed by atoms with Crippen LogP contribution in [-0.2, 0) is 0 Å². The van der Waals surface area contributed by atoms with Gasteiger partial charge in [0, 0.05) is 12.1 Å². The molecule has 104 valence electrons. The van der Waals surface area contributed by atoms with Gasteiger partial charge in [0.15, 0.2) is 0 Å². The van der Waals surface area contributed by atoms with E-state index in [1.54, 1.807) is 18.2 Å². The monoisotopic (exact) mass is 264 g/mol. The molecular weight excluding hydrogens is 244 g/mol. The van der Waals surface area contributed by atoms with E-state index in [0.29, 0.717) is 12.2 Å². The fourth-order valence-corrected chi connectivity index (χ4v) is 2.53. The molecule has 1 fully saturated rings. The summed E-state index contributed by atoms with van der Waals surface area (Å²) in [6.07, 6.45) is 3.44. The number of hydrogen-bond acceptors (Lipinski definition) is 5. The van der Waals surface area contributed by atoms with E-state index >= 15 is 0 Å². The van der Waals surface area contributed by atoms with E-state index in [1.807, 2.05) is 0 Å². The van der Waals surface area contributed by atoms with Crippen molar-refractivity contribution >= 4 is 17.1 Å². The number of benzene rings is 1. The Hall–Kier alpha value is -1.82. The molecule has 0 unspecified atom stereocenters. The summed E-state index contributed by atoms with van der Waals surface area (Å²) < 4.78 is 0. The first-order valence-electron chi connectivity index (χ1n) is 6.40. The van der Waals surface area contributed by atoms with Gasteiger partial charge in [0.1, 0.15) is 11.4 Å². The summed E-state index contributed by atoms with van der Waals surface area (Å²) in [5.41, 5.74) is 6.45. The quantitative estimate of drug-likeness (QED) is 0.483. The number of nitrogens with one attached hydrogen (secondary N) is 1. The van der Waals surface area contributed by atoms with Crippen molar-refractivity contribution in [3.8, 4) is 0 Å². The lowest BCUT2D eigenvalue weighted by molar-refractivity contribution is -0.383. The van der Waals surface area contributed by atoms with Gasteiger partial charge in [-0.15, -0.1) is 0 Å². The molecule has 0 aliphatic heterocycles. The zero-order chi connectivity index (χ0) is 14.0. The van der Waals surface area contributed by atoms with Crippen LogP contribution in [-0.4, -0.2) is 36.0 Å². The second-order valence-electron chi connectivity index (χ2n) is 5.33. The van der Waals surface area contributed by atoms with Crippen molar-refractivity contribution in [2.45, 2.75) is 24.8 Å². The maximum absolute atomic E-state index is 11.1. The molecule has 1 aliphatic rings. The first kappa shape index (κ1) is 13.6. The number of nitro groups is 1. The molecule has 19 heavy (non-hydrogen) atoms. The van der Waals surface area contributed by atoms with Crippen LogP contribution in [0.5, 0.6) is 0 Å². The molecule has 1 aromatic carbocycles. The Labute approximate surface area is 112 Å². The molecule has 6 nitrogen and oxygen atoms in total. The SMILES string of the molecule is CN(C)C1(CNc2cccc(N)c2[N+](=O)[O-])CCC1. The zero-order valence-electron chi connectivity index (χ0n) is 11.3. The van der Waals surface area contributed by atoms with Gasteiger partial charge in [-0.2, -0.15) is 0 Å². The third-order valence-corrected chi connectivity index (χ3v) is 4.09. The lowest BCUT2D eigenvalue weighted by Crippen LogP contribution is -2.54. The van der Waals surface area contributed by atoms with Gasteiger partial charge in [0.25, 0.3) is 0 Å². The summed E-state index contributed by atoms with van der Waals surface area (Å²) in [4.78, 5) is 12.8. The maximum atomic E-state index is 11.1. The molecule has 0 spiro atoms. The van der Waals surface area contributed by atoms with Gasteiger partial charge >= 0.3 is 5.69 Å². The molecule has 1 aliphatic carbocycles. The van der Waals surface area contributed by atoms with Crippen LogP contribution in [0.15, 0.2) is 18.2 Å². The Bertz CT molecular complexity index is 484. The van der Waals surface area contributed by atoms with Crippen LogP contribution < -0.4 is 11.1 Å². The summed E-state index contributed by atoms with van der Waals surface area (Å²) in [7, 11) is 4.10. The fraction of sp³-hybridized carbons (Fsp3) is 0.538. The van der Waals surface area contributed by atoms with Crippen LogP contribution in [0.4, 0.5) is 17.1 Å². The average molecular weight is 264 g/mol. The Balaban J connectivity index is 2.16. The van der Waals surface area contributed by atoms with Gasteiger partial charge < -0.3 is 16.0 Å². The van der Waals surface area contributed by atoms with Crippen LogP contribution in [0.2, 0.25) is 0 Å². The normalized spacial score (nSPS) is 17.0. The fourth-order valence-electron chi connectivity index (χ4n) is 2.53. The highest BCUT2D eigenvalue weighted by molar-refractivity contribution is 5.74. The van der Waals surface area contributed by atoms with E-state index in [-0.39, 0.29) is 16.9 Å². The molecular formula is C13H20N4O2. The average Bonchev–Trinajstić information content (AvgIpc) is 2.26. The number of hydrogen-bond donors (Lipinski definition) is 2. The van der Waals surface area contributed by atoms with Gasteiger partial charge in [-0.3, -0.25) is 10.1 Å². The molecule has 0 atom stereocenters. The smallest absolute Gasteiger partial charge is 0.314 e. The number of rotatable bonds is 5. The lowest BCUT2D eigenvalue weighted by Gasteiger charge is -2.47. The lowest BCUT2D eigenvalue weighted by atomic mass is 9.75. The Morgan fingerprint density at radius 3 is 2.63 bits per heavy atom. The minimum Gasteiger partial charge on any atom is -0.393 e. The molecule has 0 radical (unpaired) electrons. The zero-order valence-corrected chi connectivity index (χ0v) is 11.3. The number of nitrogens with two attached hydrogens (primary N) is 1. The summed E-state index contributed by atoms with van der Waals surface area (Å²) in [5, 5.41) is 14.3. The van der Waals surface area contributed by atoms with Crippen molar-refractivity contribution in [1.29, 1.82) is 0 Å². The molecule has 6 heteroatoms. The predicted molar refractivity (Wildman–Crippen MR) is 76.3 cm³/mol. The second kappa shape index (κ2) is 5.05. The molecule has 1 saturated carbocycles. The number of nitrogen functional groups attached to an aromatic ring is 1. The van der Waals surface area contributed by atoms with Gasteiger partial charge in [0.2, 0.25) is 0 Å². The minimum atomic E-state index is -0.430. The van der Waals surface area contributed by atoms with E-state index in [4.69, 9.17) is 5.73 Å². The first-order valence-corrected chi connectivity index (χ1v) is 6.40. The Kier molecular flexibility index (Phi) is 3.61. The van der Waals surface area contributed by atoms with Crippen molar-refractivity contribution < 1.29 is 4.92 Å². The van der Waals surface area contributed by atoms with Gasteiger partial charge in [-0.1, -0.05) is 6.07 Å². The number of likely N-dealkylation sites (N-methyl/N-ethyl adjacent to an activating group) is 1.